The minimum atomic E-state index is -0.587. The van der Waals surface area contributed by atoms with Crippen LogP contribution in [0.4, 0.5) is 14.7 Å². The Morgan fingerprint density at radius 2 is 1.86 bits per heavy atom. The van der Waals surface area contributed by atoms with Gasteiger partial charge in [-0.25, -0.2) is 13.8 Å². The van der Waals surface area contributed by atoms with E-state index in [9.17, 15) is 8.78 Å². The van der Waals surface area contributed by atoms with Crippen LogP contribution in [-0.2, 0) is 13.0 Å². The number of rotatable bonds is 3. The van der Waals surface area contributed by atoms with Gasteiger partial charge in [-0.05, 0) is 36.2 Å². The van der Waals surface area contributed by atoms with Crippen molar-refractivity contribution in [1.82, 2.24) is 9.55 Å². The zero-order chi connectivity index (χ0) is 15.0. The molecule has 0 saturated carbocycles. The van der Waals surface area contributed by atoms with E-state index >= 15 is 0 Å². The van der Waals surface area contributed by atoms with E-state index in [1.807, 2.05) is 12.1 Å². The molecule has 2 N–H and O–H groups in total. The van der Waals surface area contributed by atoms with Gasteiger partial charge in [0.1, 0.15) is 17.2 Å². The predicted molar refractivity (Wildman–Crippen MR) is 79.2 cm³/mol. The second-order valence-electron chi connectivity index (χ2n) is 4.76. The van der Waals surface area contributed by atoms with Crippen molar-refractivity contribution in [2.45, 2.75) is 13.0 Å². The number of anilines is 1. The van der Waals surface area contributed by atoms with Gasteiger partial charge in [-0.1, -0.05) is 17.7 Å². The maximum Gasteiger partial charge on any atom is 0.201 e. The van der Waals surface area contributed by atoms with E-state index in [0.717, 1.165) is 11.6 Å². The molecule has 21 heavy (non-hydrogen) atoms. The van der Waals surface area contributed by atoms with Crippen molar-refractivity contribution in [3.63, 3.8) is 0 Å². The fraction of sp³-hybridized carbons (Fsp3) is 0.133. The lowest BCUT2D eigenvalue weighted by Crippen LogP contribution is -2.06. The molecule has 1 aromatic heterocycles. The second-order valence-corrected chi connectivity index (χ2v) is 5.16. The number of nitrogens with two attached hydrogens (primary N) is 1. The first-order chi connectivity index (χ1) is 10.0. The largest absolute Gasteiger partial charge is 0.369 e. The third kappa shape index (κ3) is 2.69. The first-order valence-corrected chi connectivity index (χ1v) is 6.77. The second kappa shape index (κ2) is 5.33. The highest BCUT2D eigenvalue weighted by molar-refractivity contribution is 6.35. The lowest BCUT2D eigenvalue weighted by atomic mass is 10.1. The number of nitrogen functional groups attached to an aromatic ring is 1. The Hall–Kier alpha value is -2.14. The SMILES string of the molecule is Nc1nc2c(Cl)cccc2n1CCc1cc(F)cc(F)c1. The Kier molecular flexibility index (Phi) is 3.51. The Morgan fingerprint density at radius 3 is 2.57 bits per heavy atom. The molecular formula is C15H12ClF2N3. The minimum Gasteiger partial charge on any atom is -0.369 e. The van der Waals surface area contributed by atoms with Crippen LogP contribution in [0.5, 0.6) is 0 Å². The van der Waals surface area contributed by atoms with Crippen LogP contribution in [0.1, 0.15) is 5.56 Å². The molecule has 0 bridgehead atoms. The first-order valence-electron chi connectivity index (χ1n) is 6.40. The average Bonchev–Trinajstić information content (AvgIpc) is 2.73. The van der Waals surface area contributed by atoms with Crippen LogP contribution < -0.4 is 5.73 Å². The van der Waals surface area contributed by atoms with Crippen molar-refractivity contribution in [1.29, 1.82) is 0 Å². The number of aromatic nitrogens is 2. The van der Waals surface area contributed by atoms with Crippen LogP contribution in [0.2, 0.25) is 5.02 Å². The summed E-state index contributed by atoms with van der Waals surface area (Å²) in [7, 11) is 0. The minimum absolute atomic E-state index is 0.329. The molecule has 108 valence electrons. The Balaban J connectivity index is 1.92. The van der Waals surface area contributed by atoms with Crippen LogP contribution >= 0.6 is 11.6 Å². The fourth-order valence-corrected chi connectivity index (χ4v) is 2.57. The summed E-state index contributed by atoms with van der Waals surface area (Å²) in [6, 6.07) is 8.88. The molecule has 0 atom stereocenters. The van der Waals surface area contributed by atoms with Gasteiger partial charge in [0.25, 0.3) is 0 Å². The van der Waals surface area contributed by atoms with E-state index < -0.39 is 11.6 Å². The number of fused-ring (bicyclic) bond motifs is 1. The van der Waals surface area contributed by atoms with Crippen LogP contribution in [0.15, 0.2) is 36.4 Å². The summed E-state index contributed by atoms with van der Waals surface area (Å²) in [4.78, 5) is 4.22. The molecule has 0 aliphatic rings. The zero-order valence-corrected chi connectivity index (χ0v) is 11.7. The number of nitrogens with zero attached hydrogens (tertiary/aromatic N) is 2. The van der Waals surface area contributed by atoms with Gasteiger partial charge in [0.15, 0.2) is 0 Å². The van der Waals surface area contributed by atoms with Gasteiger partial charge in [-0.15, -0.1) is 0 Å². The molecule has 3 nitrogen and oxygen atoms in total. The third-order valence-corrected chi connectivity index (χ3v) is 3.61. The highest BCUT2D eigenvalue weighted by Gasteiger charge is 2.11. The van der Waals surface area contributed by atoms with E-state index in [-0.39, 0.29) is 0 Å². The maximum absolute atomic E-state index is 13.2. The highest BCUT2D eigenvalue weighted by Crippen LogP contribution is 2.25. The maximum atomic E-state index is 13.2. The lowest BCUT2D eigenvalue weighted by Gasteiger charge is -2.07. The average molecular weight is 308 g/mol. The predicted octanol–water partition coefficient (Wildman–Crippen LogP) is 3.79. The van der Waals surface area contributed by atoms with Gasteiger partial charge < -0.3 is 10.3 Å². The number of aryl methyl sites for hydroxylation is 2. The molecule has 1 heterocycles. The summed E-state index contributed by atoms with van der Waals surface area (Å²) >= 11 is 6.07. The van der Waals surface area contributed by atoms with E-state index in [2.05, 4.69) is 4.98 Å². The van der Waals surface area contributed by atoms with Crippen molar-refractivity contribution >= 4 is 28.6 Å². The smallest absolute Gasteiger partial charge is 0.201 e. The first kappa shape index (κ1) is 13.8. The van der Waals surface area contributed by atoms with Crippen molar-refractivity contribution < 1.29 is 8.78 Å². The number of hydrogen-bond donors (Lipinski definition) is 1. The Morgan fingerprint density at radius 1 is 1.14 bits per heavy atom. The van der Waals surface area contributed by atoms with Gasteiger partial charge in [0.2, 0.25) is 5.95 Å². The monoisotopic (exact) mass is 307 g/mol. The summed E-state index contributed by atoms with van der Waals surface area (Å²) in [5, 5.41) is 0.523. The Bertz CT molecular complexity index is 794. The van der Waals surface area contributed by atoms with Crippen molar-refractivity contribution in [2.24, 2.45) is 0 Å². The molecule has 0 aliphatic carbocycles. The summed E-state index contributed by atoms with van der Waals surface area (Å²) in [6.07, 6.45) is 0.441. The van der Waals surface area contributed by atoms with Gasteiger partial charge in [-0.2, -0.15) is 0 Å². The van der Waals surface area contributed by atoms with Crippen LogP contribution in [0.25, 0.3) is 11.0 Å². The van der Waals surface area contributed by atoms with Crippen LogP contribution in [0, 0.1) is 11.6 Å². The van der Waals surface area contributed by atoms with Gasteiger partial charge >= 0.3 is 0 Å². The van der Waals surface area contributed by atoms with Crippen LogP contribution in [0.3, 0.4) is 0 Å². The molecule has 3 aromatic rings. The molecule has 0 radical (unpaired) electrons. The summed E-state index contributed by atoms with van der Waals surface area (Å²) in [6.45, 7) is 0.464. The lowest BCUT2D eigenvalue weighted by molar-refractivity contribution is 0.577. The quantitative estimate of drug-likeness (QED) is 0.800. The van der Waals surface area contributed by atoms with E-state index in [4.69, 9.17) is 17.3 Å². The third-order valence-electron chi connectivity index (χ3n) is 3.31. The van der Waals surface area contributed by atoms with Gasteiger partial charge in [0, 0.05) is 12.6 Å². The number of benzene rings is 2. The van der Waals surface area contributed by atoms with Gasteiger partial charge in [0.05, 0.1) is 10.5 Å². The van der Waals surface area contributed by atoms with Crippen LogP contribution in [-0.4, -0.2) is 9.55 Å². The molecule has 0 fully saturated rings. The zero-order valence-electron chi connectivity index (χ0n) is 11.0. The molecular weight excluding hydrogens is 296 g/mol. The van der Waals surface area contributed by atoms with Crippen molar-refractivity contribution in [3.05, 3.63) is 58.6 Å². The van der Waals surface area contributed by atoms with E-state index in [1.54, 1.807) is 10.6 Å². The summed E-state index contributed by atoms with van der Waals surface area (Å²) in [5.74, 6) is -0.844. The summed E-state index contributed by atoms with van der Waals surface area (Å²) in [5.41, 5.74) is 7.89. The standard InChI is InChI=1S/C15H12ClF2N3/c16-12-2-1-3-13-14(12)20-15(19)21(13)5-4-9-6-10(17)8-11(18)7-9/h1-3,6-8H,4-5H2,(H2,19,20). The van der Waals surface area contributed by atoms with Crippen molar-refractivity contribution in [3.8, 4) is 0 Å². The molecule has 0 saturated heterocycles. The van der Waals surface area contributed by atoms with Gasteiger partial charge in [-0.3, -0.25) is 0 Å². The Labute approximate surface area is 125 Å². The summed E-state index contributed by atoms with van der Waals surface area (Å²) < 4.78 is 28.1. The fourth-order valence-electron chi connectivity index (χ4n) is 2.36. The molecule has 0 unspecified atom stereocenters. The molecule has 2 aromatic carbocycles. The number of imidazole rings is 1. The molecule has 0 spiro atoms. The molecule has 3 rings (SSSR count). The topological polar surface area (TPSA) is 43.8 Å². The molecule has 0 amide bonds. The van der Waals surface area contributed by atoms with E-state index in [0.29, 0.717) is 35.0 Å². The number of para-hydroxylation sites is 1. The molecule has 0 aliphatic heterocycles. The van der Waals surface area contributed by atoms with E-state index in [1.165, 1.54) is 12.1 Å². The number of hydrogen-bond acceptors (Lipinski definition) is 2. The molecule has 6 heteroatoms. The van der Waals surface area contributed by atoms with Crippen molar-refractivity contribution in [2.75, 3.05) is 5.73 Å². The highest BCUT2D eigenvalue weighted by atomic mass is 35.5. The number of halogens is 3. The normalized spacial score (nSPS) is 11.2.